The molecule has 1 aliphatic carbocycles. The SMILES string of the molecule is O=c1cc(C2=CCc3ncc(N4CCOCC4)cc32)ccn1Cc1ccc2[nH]ccc2c1. The topological polar surface area (TPSA) is 63.2 Å². The zero-order valence-corrected chi connectivity index (χ0v) is 17.8. The Bertz CT molecular complexity index is 1390. The van der Waals surface area contributed by atoms with E-state index in [1.165, 1.54) is 0 Å². The van der Waals surface area contributed by atoms with Crippen LogP contribution in [0.25, 0.3) is 16.5 Å². The summed E-state index contributed by atoms with van der Waals surface area (Å²) in [6, 6.07) is 14.3. The number of hydrogen-bond donors (Lipinski definition) is 1. The maximum atomic E-state index is 12.9. The molecule has 2 aliphatic rings. The highest BCUT2D eigenvalue weighted by molar-refractivity contribution is 5.85. The van der Waals surface area contributed by atoms with Crippen LogP contribution in [0.4, 0.5) is 5.69 Å². The third-order valence-electron chi connectivity index (χ3n) is 6.40. The van der Waals surface area contributed by atoms with Crippen LogP contribution in [0.5, 0.6) is 0 Å². The highest BCUT2D eigenvalue weighted by Crippen LogP contribution is 2.33. The van der Waals surface area contributed by atoms with Crippen LogP contribution in [-0.4, -0.2) is 40.8 Å². The van der Waals surface area contributed by atoms with Gasteiger partial charge in [-0.2, -0.15) is 0 Å². The van der Waals surface area contributed by atoms with E-state index in [0.717, 1.165) is 77.3 Å². The predicted molar refractivity (Wildman–Crippen MR) is 126 cm³/mol. The van der Waals surface area contributed by atoms with Gasteiger partial charge in [0.2, 0.25) is 0 Å². The van der Waals surface area contributed by atoms with Crippen molar-refractivity contribution in [2.75, 3.05) is 31.2 Å². The third-order valence-corrected chi connectivity index (χ3v) is 6.40. The monoisotopic (exact) mass is 424 g/mol. The lowest BCUT2D eigenvalue weighted by atomic mass is 10.0. The number of morpholine rings is 1. The smallest absolute Gasteiger partial charge is 0.251 e. The number of nitrogens with one attached hydrogen (secondary N) is 1. The Labute approximate surface area is 185 Å². The second kappa shape index (κ2) is 7.80. The molecule has 1 N–H and O–H groups in total. The summed E-state index contributed by atoms with van der Waals surface area (Å²) in [7, 11) is 0. The number of nitrogens with zero attached hydrogens (tertiary/aromatic N) is 3. The van der Waals surface area contributed by atoms with Gasteiger partial charge in [-0.1, -0.05) is 12.1 Å². The summed E-state index contributed by atoms with van der Waals surface area (Å²) in [4.78, 5) is 23.2. The summed E-state index contributed by atoms with van der Waals surface area (Å²) >= 11 is 0. The Hall–Kier alpha value is -3.64. The predicted octanol–water partition coefficient (Wildman–Crippen LogP) is 3.60. The number of rotatable bonds is 4. The van der Waals surface area contributed by atoms with E-state index in [0.29, 0.717) is 6.54 Å². The van der Waals surface area contributed by atoms with E-state index in [9.17, 15) is 4.79 Å². The summed E-state index contributed by atoms with van der Waals surface area (Å²) in [5.41, 5.74) is 7.58. The normalized spacial score (nSPS) is 15.8. The van der Waals surface area contributed by atoms with Crippen LogP contribution in [0.1, 0.15) is 22.4 Å². The van der Waals surface area contributed by atoms with Crippen LogP contribution < -0.4 is 10.5 Å². The minimum absolute atomic E-state index is 0.00306. The van der Waals surface area contributed by atoms with E-state index < -0.39 is 0 Å². The number of fused-ring (bicyclic) bond motifs is 2. The van der Waals surface area contributed by atoms with Gasteiger partial charge in [0.25, 0.3) is 5.56 Å². The molecule has 0 unspecified atom stereocenters. The summed E-state index contributed by atoms with van der Waals surface area (Å²) in [6.45, 7) is 3.80. The summed E-state index contributed by atoms with van der Waals surface area (Å²) in [5, 5.41) is 1.16. The zero-order valence-electron chi connectivity index (χ0n) is 17.8. The molecule has 0 amide bonds. The van der Waals surface area contributed by atoms with Crippen LogP contribution in [0.2, 0.25) is 0 Å². The molecular formula is C26H24N4O2. The van der Waals surface area contributed by atoms with E-state index in [4.69, 9.17) is 9.72 Å². The van der Waals surface area contributed by atoms with Crippen molar-refractivity contribution in [3.05, 3.63) is 99.9 Å². The number of hydrogen-bond acceptors (Lipinski definition) is 4. The van der Waals surface area contributed by atoms with Crippen molar-refractivity contribution in [2.45, 2.75) is 13.0 Å². The van der Waals surface area contributed by atoms with Crippen LogP contribution in [-0.2, 0) is 17.7 Å². The fourth-order valence-electron chi connectivity index (χ4n) is 4.66. The van der Waals surface area contributed by atoms with Crippen LogP contribution in [0.15, 0.2) is 71.9 Å². The van der Waals surface area contributed by atoms with Crippen molar-refractivity contribution < 1.29 is 4.74 Å². The van der Waals surface area contributed by atoms with Crippen LogP contribution in [0.3, 0.4) is 0 Å². The number of pyridine rings is 2. The molecule has 1 aromatic carbocycles. The molecule has 1 aliphatic heterocycles. The first-order chi connectivity index (χ1) is 15.7. The Morgan fingerprint density at radius 1 is 1.06 bits per heavy atom. The molecular weight excluding hydrogens is 400 g/mol. The Balaban J connectivity index is 1.27. The largest absolute Gasteiger partial charge is 0.378 e. The van der Waals surface area contributed by atoms with Gasteiger partial charge in [-0.05, 0) is 52.4 Å². The van der Waals surface area contributed by atoms with Gasteiger partial charge in [-0.25, -0.2) is 0 Å². The number of allylic oxidation sites excluding steroid dienone is 1. The highest BCUT2D eigenvalue weighted by atomic mass is 16.5. The van der Waals surface area contributed by atoms with Crippen molar-refractivity contribution in [3.63, 3.8) is 0 Å². The van der Waals surface area contributed by atoms with Gasteiger partial charge in [-0.15, -0.1) is 0 Å². The molecule has 0 radical (unpaired) electrons. The molecule has 1 saturated heterocycles. The lowest BCUT2D eigenvalue weighted by Gasteiger charge is -2.29. The summed E-state index contributed by atoms with van der Waals surface area (Å²) in [6.07, 6.45) is 8.77. The minimum Gasteiger partial charge on any atom is -0.378 e. The standard InChI is InChI=1S/C26H24N4O2/c31-26-14-19(6-8-30(26)17-18-1-3-24-20(13-18)5-7-27-24)22-2-4-25-23(22)15-21(16-28-25)29-9-11-32-12-10-29/h1-3,5-8,13-16,27H,4,9-12,17H2. The number of anilines is 1. The van der Waals surface area contributed by atoms with Gasteiger partial charge in [-0.3, -0.25) is 9.78 Å². The number of ether oxygens (including phenoxy) is 1. The molecule has 0 bridgehead atoms. The third kappa shape index (κ3) is 3.42. The Morgan fingerprint density at radius 3 is 2.84 bits per heavy atom. The Kier molecular flexibility index (Phi) is 4.65. The van der Waals surface area contributed by atoms with Crippen molar-refractivity contribution in [1.29, 1.82) is 0 Å². The average Bonchev–Trinajstić information content (AvgIpc) is 3.47. The van der Waals surface area contributed by atoms with Gasteiger partial charge in [0, 0.05) is 49.1 Å². The average molecular weight is 425 g/mol. The van der Waals surface area contributed by atoms with Crippen molar-refractivity contribution in [2.24, 2.45) is 0 Å². The van der Waals surface area contributed by atoms with Gasteiger partial charge in [0.1, 0.15) is 0 Å². The molecule has 6 nitrogen and oxygen atoms in total. The van der Waals surface area contributed by atoms with E-state index in [1.807, 2.05) is 30.7 Å². The lowest BCUT2D eigenvalue weighted by molar-refractivity contribution is 0.122. The maximum Gasteiger partial charge on any atom is 0.251 e. The molecule has 4 aromatic rings. The van der Waals surface area contributed by atoms with Gasteiger partial charge in [0.15, 0.2) is 0 Å². The van der Waals surface area contributed by atoms with Crippen LogP contribution >= 0.6 is 0 Å². The van der Waals surface area contributed by atoms with E-state index >= 15 is 0 Å². The first-order valence-electron chi connectivity index (χ1n) is 11.0. The van der Waals surface area contributed by atoms with Crippen molar-refractivity contribution in [3.8, 4) is 0 Å². The minimum atomic E-state index is 0.00306. The first-order valence-corrected chi connectivity index (χ1v) is 11.0. The lowest BCUT2D eigenvalue weighted by Crippen LogP contribution is -2.36. The summed E-state index contributed by atoms with van der Waals surface area (Å²) < 4.78 is 7.24. The number of aromatic nitrogens is 3. The fourth-order valence-corrected chi connectivity index (χ4v) is 4.66. The second-order valence-corrected chi connectivity index (χ2v) is 8.39. The van der Waals surface area contributed by atoms with Gasteiger partial charge >= 0.3 is 0 Å². The molecule has 0 saturated carbocycles. The summed E-state index contributed by atoms with van der Waals surface area (Å²) in [5.74, 6) is 0. The molecule has 4 heterocycles. The first kappa shape index (κ1) is 19.1. The molecule has 6 heteroatoms. The molecule has 0 spiro atoms. The molecule has 160 valence electrons. The van der Waals surface area contributed by atoms with Gasteiger partial charge in [0.05, 0.1) is 37.3 Å². The van der Waals surface area contributed by atoms with Crippen LogP contribution in [0, 0.1) is 0 Å². The van der Waals surface area contributed by atoms with Crippen molar-refractivity contribution >= 4 is 22.2 Å². The molecule has 32 heavy (non-hydrogen) atoms. The number of benzene rings is 1. The molecule has 0 atom stereocenters. The van der Waals surface area contributed by atoms with E-state index in [2.05, 4.69) is 40.2 Å². The molecule has 1 fully saturated rings. The number of aromatic amines is 1. The van der Waals surface area contributed by atoms with Crippen molar-refractivity contribution in [1.82, 2.24) is 14.5 Å². The van der Waals surface area contributed by atoms with E-state index in [1.54, 1.807) is 10.6 Å². The zero-order chi connectivity index (χ0) is 21.5. The highest BCUT2D eigenvalue weighted by Gasteiger charge is 2.20. The fraction of sp³-hybridized carbons (Fsp3) is 0.231. The Morgan fingerprint density at radius 2 is 1.97 bits per heavy atom. The maximum absolute atomic E-state index is 12.9. The molecule has 3 aromatic heterocycles. The number of H-pyrrole nitrogens is 1. The van der Waals surface area contributed by atoms with Gasteiger partial charge < -0.3 is 19.2 Å². The quantitative estimate of drug-likeness (QED) is 0.544. The molecule has 6 rings (SSSR count). The second-order valence-electron chi connectivity index (χ2n) is 8.39. The van der Waals surface area contributed by atoms with E-state index in [-0.39, 0.29) is 5.56 Å².